The molecule has 0 spiro atoms. The minimum Gasteiger partial charge on any atom is -0.350 e. The van der Waals surface area contributed by atoms with Gasteiger partial charge in [-0.25, -0.2) is 0 Å². The number of amides is 1. The summed E-state index contributed by atoms with van der Waals surface area (Å²) < 4.78 is 1.57. The number of nitrogens with zero attached hydrogens (tertiary/aromatic N) is 2. The molecule has 0 radical (unpaired) electrons. The van der Waals surface area contributed by atoms with Gasteiger partial charge in [0.15, 0.2) is 0 Å². The molecule has 0 atom stereocenters. The highest BCUT2D eigenvalue weighted by Crippen LogP contribution is 2.25. The van der Waals surface area contributed by atoms with Crippen LogP contribution in [0.3, 0.4) is 0 Å². The fourth-order valence-corrected chi connectivity index (χ4v) is 5.72. The summed E-state index contributed by atoms with van der Waals surface area (Å²) in [6.07, 6.45) is 5.02. The average molecular weight is 499 g/mol. The third-order valence-corrected chi connectivity index (χ3v) is 7.66. The van der Waals surface area contributed by atoms with Crippen molar-refractivity contribution in [3.05, 3.63) is 110 Å². The maximum Gasteiger partial charge on any atom is 0.273 e. The number of hydrogen-bond acceptors (Lipinski definition) is 5. The second kappa shape index (κ2) is 11.5. The lowest BCUT2D eigenvalue weighted by molar-refractivity contribution is -0.121. The SMILES string of the molecule is O=C(Cn1c(-c2ccccc2)cnc(CCCc2ccccc2)c1=O)NCc1cc2c(s1)CNCC2. The first-order valence-corrected chi connectivity index (χ1v) is 13.2. The molecule has 1 amide bonds. The number of hydrogen-bond donors (Lipinski definition) is 2. The highest BCUT2D eigenvalue weighted by molar-refractivity contribution is 7.12. The van der Waals surface area contributed by atoms with Gasteiger partial charge in [0.05, 0.1) is 18.4 Å². The summed E-state index contributed by atoms with van der Waals surface area (Å²) in [5.41, 5.74) is 4.43. The van der Waals surface area contributed by atoms with E-state index in [2.05, 4.69) is 33.8 Å². The van der Waals surface area contributed by atoms with Crippen LogP contribution in [0.5, 0.6) is 0 Å². The highest BCUT2D eigenvalue weighted by atomic mass is 32.1. The van der Waals surface area contributed by atoms with E-state index in [9.17, 15) is 9.59 Å². The molecular weight excluding hydrogens is 468 g/mol. The van der Waals surface area contributed by atoms with E-state index in [1.807, 2.05) is 48.5 Å². The van der Waals surface area contributed by atoms with Crippen LogP contribution >= 0.6 is 11.3 Å². The third kappa shape index (κ3) is 5.80. The molecule has 1 aliphatic rings. The topological polar surface area (TPSA) is 76.0 Å². The number of aryl methyl sites for hydroxylation is 2. The number of fused-ring (bicyclic) bond motifs is 1. The van der Waals surface area contributed by atoms with Crippen molar-refractivity contribution in [2.45, 2.75) is 45.3 Å². The van der Waals surface area contributed by atoms with Gasteiger partial charge < -0.3 is 10.6 Å². The van der Waals surface area contributed by atoms with E-state index in [1.165, 1.54) is 16.0 Å². The van der Waals surface area contributed by atoms with Gasteiger partial charge in [-0.05, 0) is 55.0 Å². The number of carbonyl (C=O) groups is 1. The Morgan fingerprint density at radius 1 is 1.06 bits per heavy atom. The van der Waals surface area contributed by atoms with E-state index in [0.29, 0.717) is 24.4 Å². The molecule has 36 heavy (non-hydrogen) atoms. The first kappa shape index (κ1) is 24.2. The Labute approximate surface area is 215 Å². The summed E-state index contributed by atoms with van der Waals surface area (Å²) >= 11 is 1.74. The van der Waals surface area contributed by atoms with Crippen LogP contribution in [0.1, 0.15) is 33.0 Å². The third-order valence-electron chi connectivity index (χ3n) is 6.48. The Morgan fingerprint density at radius 3 is 2.61 bits per heavy atom. The van der Waals surface area contributed by atoms with Crippen molar-refractivity contribution in [3.63, 3.8) is 0 Å². The molecule has 2 aromatic carbocycles. The summed E-state index contributed by atoms with van der Waals surface area (Å²) in [4.78, 5) is 33.4. The molecule has 3 heterocycles. The van der Waals surface area contributed by atoms with Gasteiger partial charge in [-0.2, -0.15) is 0 Å². The van der Waals surface area contributed by atoms with Crippen LogP contribution < -0.4 is 16.2 Å². The molecular formula is C29H30N4O2S. The van der Waals surface area contributed by atoms with E-state index >= 15 is 0 Å². The number of rotatable bonds is 9. The zero-order valence-corrected chi connectivity index (χ0v) is 21.0. The van der Waals surface area contributed by atoms with Gasteiger partial charge in [-0.15, -0.1) is 11.3 Å². The van der Waals surface area contributed by atoms with Gasteiger partial charge in [0.25, 0.3) is 5.56 Å². The number of nitrogens with one attached hydrogen (secondary N) is 2. The highest BCUT2D eigenvalue weighted by Gasteiger charge is 2.16. The van der Waals surface area contributed by atoms with Crippen molar-refractivity contribution < 1.29 is 4.79 Å². The van der Waals surface area contributed by atoms with Crippen molar-refractivity contribution in [1.29, 1.82) is 0 Å². The normalized spacial score (nSPS) is 12.8. The van der Waals surface area contributed by atoms with E-state index in [4.69, 9.17) is 0 Å². The Hall–Kier alpha value is -3.55. The Bertz CT molecular complexity index is 1360. The molecule has 6 nitrogen and oxygen atoms in total. The molecule has 0 fully saturated rings. The second-order valence-corrected chi connectivity index (χ2v) is 10.3. The number of thiophene rings is 1. The largest absolute Gasteiger partial charge is 0.350 e. The van der Waals surface area contributed by atoms with E-state index in [1.54, 1.807) is 22.1 Å². The van der Waals surface area contributed by atoms with Gasteiger partial charge in [0.2, 0.25) is 5.91 Å². The standard InChI is InChI=1S/C29H30N4O2S/c34-28(32-17-24-16-23-14-15-30-19-27(23)36-24)20-33-26(22-11-5-2-6-12-22)18-31-25(29(33)35)13-7-10-21-8-3-1-4-9-21/h1-6,8-9,11-12,16,18,30H,7,10,13-15,17,19-20H2,(H,32,34). The molecule has 0 aliphatic carbocycles. The lowest BCUT2D eigenvalue weighted by Crippen LogP contribution is -2.34. The van der Waals surface area contributed by atoms with Crippen molar-refractivity contribution in [1.82, 2.24) is 20.2 Å². The predicted octanol–water partition coefficient (Wildman–Crippen LogP) is 4.11. The summed E-state index contributed by atoms with van der Waals surface area (Å²) in [6, 6.07) is 22.1. The van der Waals surface area contributed by atoms with Gasteiger partial charge in [0, 0.05) is 16.3 Å². The molecule has 0 bridgehead atoms. The van der Waals surface area contributed by atoms with Crippen molar-refractivity contribution in [3.8, 4) is 11.3 Å². The summed E-state index contributed by atoms with van der Waals surface area (Å²) in [5, 5.41) is 6.41. The van der Waals surface area contributed by atoms with Crippen LogP contribution in [0, 0.1) is 0 Å². The van der Waals surface area contributed by atoms with E-state index < -0.39 is 0 Å². The van der Waals surface area contributed by atoms with Crippen molar-refractivity contribution >= 4 is 17.2 Å². The summed E-state index contributed by atoms with van der Waals surface area (Å²) in [7, 11) is 0. The van der Waals surface area contributed by atoms with E-state index in [-0.39, 0.29) is 18.0 Å². The van der Waals surface area contributed by atoms with Crippen molar-refractivity contribution in [2.24, 2.45) is 0 Å². The summed E-state index contributed by atoms with van der Waals surface area (Å²) in [5.74, 6) is -0.180. The fourth-order valence-electron chi connectivity index (χ4n) is 4.59. The lowest BCUT2D eigenvalue weighted by Gasteiger charge is -2.14. The first-order chi connectivity index (χ1) is 17.7. The van der Waals surface area contributed by atoms with Crippen LogP contribution in [-0.2, 0) is 43.7 Å². The molecule has 2 aromatic heterocycles. The molecule has 7 heteroatoms. The average Bonchev–Trinajstić information content (AvgIpc) is 3.34. The Balaban J connectivity index is 1.31. The minimum atomic E-state index is -0.197. The maximum absolute atomic E-state index is 13.5. The second-order valence-electron chi connectivity index (χ2n) is 9.05. The molecule has 0 saturated heterocycles. The Kier molecular flexibility index (Phi) is 7.69. The maximum atomic E-state index is 13.5. The number of benzene rings is 2. The van der Waals surface area contributed by atoms with Crippen LogP contribution in [-0.4, -0.2) is 22.0 Å². The predicted molar refractivity (Wildman–Crippen MR) is 144 cm³/mol. The first-order valence-electron chi connectivity index (χ1n) is 12.4. The molecule has 4 aromatic rings. The van der Waals surface area contributed by atoms with E-state index in [0.717, 1.165) is 42.8 Å². The molecule has 5 rings (SSSR count). The van der Waals surface area contributed by atoms with Crippen LogP contribution in [0.25, 0.3) is 11.3 Å². The van der Waals surface area contributed by atoms with Crippen LogP contribution in [0.4, 0.5) is 0 Å². The van der Waals surface area contributed by atoms with Crippen LogP contribution in [0.15, 0.2) is 77.7 Å². The van der Waals surface area contributed by atoms with Gasteiger partial charge in [-0.1, -0.05) is 60.7 Å². The zero-order chi connectivity index (χ0) is 24.7. The summed E-state index contributed by atoms with van der Waals surface area (Å²) in [6.45, 7) is 2.33. The molecule has 0 saturated carbocycles. The molecule has 184 valence electrons. The van der Waals surface area contributed by atoms with Gasteiger partial charge >= 0.3 is 0 Å². The zero-order valence-electron chi connectivity index (χ0n) is 20.2. The monoisotopic (exact) mass is 498 g/mol. The number of carbonyl (C=O) groups excluding carboxylic acids is 1. The minimum absolute atomic E-state index is 0.0378. The van der Waals surface area contributed by atoms with Crippen LogP contribution in [0.2, 0.25) is 0 Å². The lowest BCUT2D eigenvalue weighted by atomic mass is 10.1. The van der Waals surface area contributed by atoms with Gasteiger partial charge in [-0.3, -0.25) is 19.1 Å². The smallest absolute Gasteiger partial charge is 0.273 e. The fraction of sp³-hybridized carbons (Fsp3) is 0.276. The molecule has 0 unspecified atom stereocenters. The molecule has 1 aliphatic heterocycles. The van der Waals surface area contributed by atoms with Gasteiger partial charge in [0.1, 0.15) is 12.2 Å². The molecule has 2 N–H and O–H groups in total. The number of aromatic nitrogens is 2. The quantitative estimate of drug-likeness (QED) is 0.364. The Morgan fingerprint density at radius 2 is 1.83 bits per heavy atom. The van der Waals surface area contributed by atoms with Crippen molar-refractivity contribution in [2.75, 3.05) is 6.54 Å².